The summed E-state index contributed by atoms with van der Waals surface area (Å²) in [5, 5.41) is 0. The molecule has 0 aliphatic rings. The van der Waals surface area contributed by atoms with Crippen molar-refractivity contribution in [2.45, 2.75) is 130 Å². The molecule has 0 N–H and O–H groups in total. The first-order chi connectivity index (χ1) is 12.2. The molecule has 0 aliphatic carbocycles. The molecule has 0 aromatic heterocycles. The fourth-order valence-corrected chi connectivity index (χ4v) is 9.27. The third-order valence-electron chi connectivity index (χ3n) is 5.91. The van der Waals surface area contributed by atoms with Crippen LogP contribution in [0, 0.1) is 0 Å². The van der Waals surface area contributed by atoms with Crippen molar-refractivity contribution in [3.8, 4) is 0 Å². The molecule has 1 heteroatoms. The van der Waals surface area contributed by atoms with E-state index in [1.165, 1.54) is 96.3 Å². The van der Waals surface area contributed by atoms with Crippen molar-refractivity contribution in [1.29, 1.82) is 0 Å². The van der Waals surface area contributed by atoms with Crippen LogP contribution in [0.5, 0.6) is 0 Å². The van der Waals surface area contributed by atoms with Crippen LogP contribution in [0.1, 0.15) is 130 Å². The van der Waals surface area contributed by atoms with Gasteiger partial charge in [0.2, 0.25) is 0 Å². The van der Waals surface area contributed by atoms with Crippen LogP contribution in [0.25, 0.3) is 0 Å². The summed E-state index contributed by atoms with van der Waals surface area (Å²) in [7, 11) is -0.641. The first kappa shape index (κ1) is 25.4. The first-order valence-electron chi connectivity index (χ1n) is 12.1. The van der Waals surface area contributed by atoms with Gasteiger partial charge in [-0.25, -0.2) is 0 Å². The van der Waals surface area contributed by atoms with E-state index >= 15 is 0 Å². The second-order valence-electron chi connectivity index (χ2n) is 8.48. The molecular weight excluding hydrogens is 319 g/mol. The number of hydrogen-bond donors (Lipinski definition) is 0. The largest absolute Gasteiger partial charge is 0.0654 e. The Morgan fingerprint density at radius 2 is 0.640 bits per heavy atom. The lowest BCUT2D eigenvalue weighted by atomic mass is 10.1. The minimum Gasteiger partial charge on any atom is -0.0654 e. The molecule has 0 aromatic carbocycles. The molecule has 0 amide bonds. The Balaban J connectivity index is 4.37. The monoisotopic (exact) mass is 371 g/mol. The summed E-state index contributed by atoms with van der Waals surface area (Å²) >= 11 is 0. The summed E-state index contributed by atoms with van der Waals surface area (Å²) in [5.41, 5.74) is 0. The number of rotatable bonds is 20. The van der Waals surface area contributed by atoms with Gasteiger partial charge in [0.15, 0.2) is 0 Å². The highest BCUT2D eigenvalue weighted by molar-refractivity contribution is 7.75. The third-order valence-corrected chi connectivity index (χ3v) is 11.1. The van der Waals surface area contributed by atoms with E-state index in [0.717, 1.165) is 0 Å². The van der Waals surface area contributed by atoms with Crippen molar-refractivity contribution in [1.82, 2.24) is 0 Å². The van der Waals surface area contributed by atoms with Crippen LogP contribution >= 0.6 is 7.26 Å². The minimum absolute atomic E-state index is 0.641. The highest BCUT2D eigenvalue weighted by atomic mass is 31.2. The van der Waals surface area contributed by atoms with Gasteiger partial charge in [-0.15, -0.1) is 0 Å². The lowest BCUT2D eigenvalue weighted by Gasteiger charge is -2.28. The average molecular weight is 372 g/mol. The van der Waals surface area contributed by atoms with Crippen LogP contribution in [0.15, 0.2) is 0 Å². The maximum absolute atomic E-state index is 2.44. The second-order valence-corrected chi connectivity index (χ2v) is 13.0. The summed E-state index contributed by atoms with van der Waals surface area (Å²) in [6.07, 6.45) is 30.0. The number of unbranched alkanes of at least 4 members (excludes halogenated alkanes) is 12. The lowest BCUT2D eigenvalue weighted by molar-refractivity contribution is 0.623. The van der Waals surface area contributed by atoms with Gasteiger partial charge in [-0.05, 0) is 44.9 Å². The molecule has 0 bridgehead atoms. The average Bonchev–Trinajstić information content (AvgIpc) is 2.62. The highest BCUT2D eigenvalue weighted by Gasteiger charge is 2.34. The van der Waals surface area contributed by atoms with E-state index < -0.39 is 7.26 Å². The first-order valence-corrected chi connectivity index (χ1v) is 14.6. The second kappa shape index (κ2) is 19.2. The molecule has 0 fully saturated rings. The van der Waals surface area contributed by atoms with Gasteiger partial charge >= 0.3 is 0 Å². The van der Waals surface area contributed by atoms with Crippen LogP contribution < -0.4 is 0 Å². The van der Waals surface area contributed by atoms with E-state index in [1.807, 2.05) is 0 Å². The molecule has 25 heavy (non-hydrogen) atoms. The topological polar surface area (TPSA) is 0 Å². The molecule has 0 rings (SSSR count). The van der Waals surface area contributed by atoms with Crippen molar-refractivity contribution >= 4 is 7.26 Å². The molecule has 152 valence electrons. The van der Waals surface area contributed by atoms with E-state index in [4.69, 9.17) is 0 Å². The van der Waals surface area contributed by atoms with Crippen LogP contribution in [0.2, 0.25) is 0 Å². The Morgan fingerprint density at radius 1 is 0.320 bits per heavy atom. The highest BCUT2D eigenvalue weighted by Crippen LogP contribution is 2.61. The Kier molecular flexibility index (Phi) is 19.5. The minimum atomic E-state index is -0.641. The molecule has 0 aromatic rings. The van der Waals surface area contributed by atoms with Gasteiger partial charge in [0.25, 0.3) is 0 Å². The van der Waals surface area contributed by atoms with Gasteiger partial charge in [-0.1, -0.05) is 85.5 Å². The Bertz CT molecular complexity index is 250. The van der Waals surface area contributed by atoms with E-state index in [9.17, 15) is 0 Å². The van der Waals surface area contributed by atoms with Gasteiger partial charge in [0, 0.05) is 7.26 Å². The van der Waals surface area contributed by atoms with E-state index in [1.54, 1.807) is 31.1 Å². The summed E-state index contributed by atoms with van der Waals surface area (Å²) in [5.74, 6) is 0. The fourth-order valence-electron chi connectivity index (χ4n) is 4.30. The smallest absolute Gasteiger partial charge is 0.0594 e. The molecular formula is C24H52P+. The Morgan fingerprint density at radius 3 is 1.00 bits per heavy atom. The SMILES string of the molecule is CCCCCCCC[P+](CCC)(CCCCCC)CCCCCCC. The lowest BCUT2D eigenvalue weighted by Crippen LogP contribution is -2.13. The van der Waals surface area contributed by atoms with Crippen molar-refractivity contribution in [2.75, 3.05) is 24.6 Å². The van der Waals surface area contributed by atoms with Crippen LogP contribution in [-0.2, 0) is 0 Å². The molecule has 0 radical (unpaired) electrons. The predicted molar refractivity (Wildman–Crippen MR) is 123 cm³/mol. The molecule has 0 aliphatic heterocycles. The maximum Gasteiger partial charge on any atom is 0.0594 e. The van der Waals surface area contributed by atoms with Gasteiger partial charge in [-0.3, -0.25) is 0 Å². The van der Waals surface area contributed by atoms with Crippen molar-refractivity contribution in [2.24, 2.45) is 0 Å². The quantitative estimate of drug-likeness (QED) is 0.148. The predicted octanol–water partition coefficient (Wildman–Crippen LogP) is 9.33. The van der Waals surface area contributed by atoms with Gasteiger partial charge in [-0.2, -0.15) is 0 Å². The zero-order valence-corrected chi connectivity index (χ0v) is 19.5. The van der Waals surface area contributed by atoms with Crippen LogP contribution in [0.4, 0.5) is 0 Å². The summed E-state index contributed by atoms with van der Waals surface area (Å²) in [6, 6.07) is 0. The van der Waals surface area contributed by atoms with Crippen molar-refractivity contribution in [3.05, 3.63) is 0 Å². The molecule has 0 saturated heterocycles. The molecule has 0 saturated carbocycles. The van der Waals surface area contributed by atoms with Crippen LogP contribution in [-0.4, -0.2) is 24.6 Å². The van der Waals surface area contributed by atoms with Gasteiger partial charge in [0.05, 0.1) is 24.6 Å². The molecule has 1 atom stereocenters. The molecule has 0 spiro atoms. The zero-order valence-electron chi connectivity index (χ0n) is 18.6. The standard InChI is InChI=1S/C24H52P/c1-5-9-12-15-17-20-24-25(21-8-4,22-18-14-11-7-3)23-19-16-13-10-6-2/h5-24H2,1-4H3/q+1. The fraction of sp³-hybridized carbons (Fsp3) is 1.00. The Hall–Kier alpha value is 0.430. The summed E-state index contributed by atoms with van der Waals surface area (Å²) < 4.78 is 0. The molecule has 1 unspecified atom stereocenters. The van der Waals surface area contributed by atoms with Gasteiger partial charge in [0.1, 0.15) is 0 Å². The maximum atomic E-state index is 2.44. The van der Waals surface area contributed by atoms with E-state index in [-0.39, 0.29) is 0 Å². The van der Waals surface area contributed by atoms with Crippen molar-refractivity contribution in [3.63, 3.8) is 0 Å². The van der Waals surface area contributed by atoms with Gasteiger partial charge < -0.3 is 0 Å². The van der Waals surface area contributed by atoms with E-state index in [0.29, 0.717) is 0 Å². The van der Waals surface area contributed by atoms with Crippen molar-refractivity contribution < 1.29 is 0 Å². The molecule has 0 heterocycles. The normalized spacial score (nSPS) is 13.9. The third kappa shape index (κ3) is 15.2. The summed E-state index contributed by atoms with van der Waals surface area (Å²) in [4.78, 5) is 0. The Labute approximate surface area is 162 Å². The zero-order chi connectivity index (χ0) is 18.6. The molecule has 0 nitrogen and oxygen atoms in total. The van der Waals surface area contributed by atoms with E-state index in [2.05, 4.69) is 27.7 Å². The number of hydrogen-bond acceptors (Lipinski definition) is 0. The van der Waals surface area contributed by atoms with Crippen LogP contribution in [0.3, 0.4) is 0 Å². The summed E-state index contributed by atoms with van der Waals surface area (Å²) in [6.45, 7) is 9.45.